The number of hydrogen-bond donors (Lipinski definition) is 2. The quantitative estimate of drug-likeness (QED) is 0.488. The van der Waals surface area contributed by atoms with Crippen LogP contribution < -0.4 is 20.3 Å². The number of benzene rings is 3. The van der Waals surface area contributed by atoms with Crippen LogP contribution in [0.2, 0.25) is 0 Å². The molecular formula is C25H23N3O4. The number of carbonyl (C=O) groups is 2. The number of rotatable bonds is 4. The minimum atomic E-state index is -0.271. The van der Waals surface area contributed by atoms with Gasteiger partial charge < -0.3 is 24.7 Å². The van der Waals surface area contributed by atoms with Crippen LogP contribution in [0.1, 0.15) is 13.3 Å². The Morgan fingerprint density at radius 2 is 1.91 bits per heavy atom. The first kappa shape index (κ1) is 19.9. The molecule has 1 atom stereocenters. The smallest absolute Gasteiger partial charge is 0.246 e. The molecule has 0 bridgehead atoms. The van der Waals surface area contributed by atoms with Gasteiger partial charge in [0.2, 0.25) is 11.8 Å². The zero-order chi connectivity index (χ0) is 22.2. The number of nitrogens with one attached hydrogen (secondary N) is 2. The molecule has 32 heavy (non-hydrogen) atoms. The van der Waals surface area contributed by atoms with Crippen molar-refractivity contribution in [3.05, 3.63) is 60.7 Å². The molecule has 4 aromatic rings. The van der Waals surface area contributed by atoms with E-state index in [1.165, 1.54) is 0 Å². The lowest BCUT2D eigenvalue weighted by atomic mass is 10.1. The van der Waals surface area contributed by atoms with E-state index in [2.05, 4.69) is 10.6 Å². The molecule has 0 saturated carbocycles. The Hall–Kier alpha value is -4.00. The number of hydrogen-bond acceptors (Lipinski definition) is 5. The standard InChI is InChI=1S/C25H23N3O4/c1-15-11-24(29)27-18-8-4-5-9-20(18)28(15)25(30)14-26-19-13-22-17(12-23(19)31-2)16-7-3-6-10-21(16)32-22/h3-10,12-13,15,26H,11,14H2,1-2H3,(H,27,29)/t15-/m0/s1. The van der Waals surface area contributed by atoms with Crippen molar-refractivity contribution < 1.29 is 18.7 Å². The zero-order valence-electron chi connectivity index (χ0n) is 17.8. The van der Waals surface area contributed by atoms with Crippen molar-refractivity contribution in [2.45, 2.75) is 19.4 Å². The fraction of sp³-hybridized carbons (Fsp3) is 0.200. The Morgan fingerprint density at radius 3 is 2.75 bits per heavy atom. The summed E-state index contributed by atoms with van der Waals surface area (Å²) in [5.41, 5.74) is 3.50. The first-order chi connectivity index (χ1) is 15.5. The molecule has 0 spiro atoms. The highest BCUT2D eigenvalue weighted by molar-refractivity contribution is 6.08. The summed E-state index contributed by atoms with van der Waals surface area (Å²) in [6, 6.07) is 18.7. The van der Waals surface area contributed by atoms with Gasteiger partial charge in [-0.15, -0.1) is 0 Å². The fourth-order valence-electron chi connectivity index (χ4n) is 4.28. The summed E-state index contributed by atoms with van der Waals surface area (Å²) in [5.74, 6) is 0.372. The second-order valence-corrected chi connectivity index (χ2v) is 7.88. The predicted molar refractivity (Wildman–Crippen MR) is 125 cm³/mol. The minimum Gasteiger partial charge on any atom is -0.495 e. The summed E-state index contributed by atoms with van der Waals surface area (Å²) in [6.07, 6.45) is 0.231. The Morgan fingerprint density at radius 1 is 1.12 bits per heavy atom. The molecule has 162 valence electrons. The van der Waals surface area contributed by atoms with Crippen molar-refractivity contribution in [3.8, 4) is 5.75 Å². The van der Waals surface area contributed by atoms with Gasteiger partial charge in [0.25, 0.3) is 0 Å². The molecule has 0 saturated heterocycles. The summed E-state index contributed by atoms with van der Waals surface area (Å²) in [7, 11) is 1.60. The number of fused-ring (bicyclic) bond motifs is 4. The van der Waals surface area contributed by atoms with E-state index in [-0.39, 0.29) is 30.8 Å². The second kappa shape index (κ2) is 7.92. The molecule has 2 N–H and O–H groups in total. The molecule has 1 aromatic heterocycles. The van der Waals surface area contributed by atoms with Crippen LogP contribution in [-0.2, 0) is 9.59 Å². The second-order valence-electron chi connectivity index (χ2n) is 7.88. The van der Waals surface area contributed by atoms with Crippen LogP contribution in [0, 0.1) is 0 Å². The Kier molecular flexibility index (Phi) is 4.93. The maximum absolute atomic E-state index is 13.3. The van der Waals surface area contributed by atoms with E-state index in [1.807, 2.05) is 61.5 Å². The number of ether oxygens (including phenoxy) is 1. The summed E-state index contributed by atoms with van der Waals surface area (Å²) in [4.78, 5) is 27.1. The number of methoxy groups -OCH3 is 1. The van der Waals surface area contributed by atoms with Gasteiger partial charge in [-0.3, -0.25) is 9.59 Å². The average Bonchev–Trinajstić information content (AvgIpc) is 3.08. The largest absolute Gasteiger partial charge is 0.495 e. The van der Waals surface area contributed by atoms with E-state index in [4.69, 9.17) is 9.15 Å². The van der Waals surface area contributed by atoms with Crippen LogP contribution in [0.5, 0.6) is 5.75 Å². The van der Waals surface area contributed by atoms with Gasteiger partial charge in [-0.2, -0.15) is 0 Å². The lowest BCUT2D eigenvalue weighted by molar-refractivity contribution is -0.118. The van der Waals surface area contributed by atoms with Gasteiger partial charge in [-0.05, 0) is 31.2 Å². The molecule has 7 nitrogen and oxygen atoms in total. The summed E-state index contributed by atoms with van der Waals surface area (Å²) >= 11 is 0. The highest BCUT2D eigenvalue weighted by Gasteiger charge is 2.29. The molecule has 5 rings (SSSR count). The normalized spacial score (nSPS) is 15.9. The first-order valence-electron chi connectivity index (χ1n) is 10.5. The summed E-state index contributed by atoms with van der Waals surface area (Å²) in [6.45, 7) is 1.91. The van der Waals surface area contributed by atoms with Crippen molar-refractivity contribution in [2.24, 2.45) is 0 Å². The zero-order valence-corrected chi connectivity index (χ0v) is 17.8. The number of nitrogens with zero attached hydrogens (tertiary/aromatic N) is 1. The van der Waals surface area contributed by atoms with Crippen molar-refractivity contribution in [3.63, 3.8) is 0 Å². The van der Waals surface area contributed by atoms with E-state index in [1.54, 1.807) is 18.1 Å². The Bertz CT molecular complexity index is 1340. The molecule has 0 fully saturated rings. The number of para-hydroxylation sites is 3. The molecule has 1 aliphatic heterocycles. The third-order valence-corrected chi connectivity index (χ3v) is 5.76. The molecule has 0 aliphatic carbocycles. The monoisotopic (exact) mass is 429 g/mol. The number of anilines is 3. The Balaban J connectivity index is 1.44. The third kappa shape index (κ3) is 3.41. The molecular weight excluding hydrogens is 406 g/mol. The van der Waals surface area contributed by atoms with E-state index in [0.717, 1.165) is 16.4 Å². The van der Waals surface area contributed by atoms with Gasteiger partial charge in [-0.25, -0.2) is 0 Å². The van der Waals surface area contributed by atoms with Crippen LogP contribution in [0.25, 0.3) is 21.9 Å². The molecule has 0 radical (unpaired) electrons. The Labute approximate surface area is 184 Å². The number of furan rings is 1. The topological polar surface area (TPSA) is 83.8 Å². The van der Waals surface area contributed by atoms with E-state index < -0.39 is 0 Å². The van der Waals surface area contributed by atoms with Crippen molar-refractivity contribution in [1.82, 2.24) is 0 Å². The molecule has 3 aromatic carbocycles. The highest BCUT2D eigenvalue weighted by atomic mass is 16.5. The predicted octanol–water partition coefficient (Wildman–Crippen LogP) is 4.77. The van der Waals surface area contributed by atoms with Gasteiger partial charge in [0, 0.05) is 29.3 Å². The first-order valence-corrected chi connectivity index (χ1v) is 10.5. The molecule has 7 heteroatoms. The van der Waals surface area contributed by atoms with Crippen LogP contribution in [0.4, 0.5) is 17.1 Å². The number of carbonyl (C=O) groups excluding carboxylic acids is 2. The minimum absolute atomic E-state index is 0.0367. The van der Waals surface area contributed by atoms with Crippen molar-refractivity contribution in [2.75, 3.05) is 29.2 Å². The molecule has 2 amide bonds. The maximum atomic E-state index is 13.3. The maximum Gasteiger partial charge on any atom is 0.246 e. The highest BCUT2D eigenvalue weighted by Crippen LogP contribution is 2.36. The van der Waals surface area contributed by atoms with Crippen LogP contribution in [0.3, 0.4) is 0 Å². The van der Waals surface area contributed by atoms with Gasteiger partial charge in [-0.1, -0.05) is 30.3 Å². The average molecular weight is 429 g/mol. The molecule has 0 unspecified atom stereocenters. The van der Waals surface area contributed by atoms with Crippen LogP contribution >= 0.6 is 0 Å². The fourth-order valence-corrected chi connectivity index (χ4v) is 4.28. The van der Waals surface area contributed by atoms with Crippen molar-refractivity contribution in [1.29, 1.82) is 0 Å². The van der Waals surface area contributed by atoms with E-state index >= 15 is 0 Å². The van der Waals surface area contributed by atoms with Gasteiger partial charge in [0.05, 0.1) is 30.7 Å². The molecule has 1 aliphatic rings. The van der Waals surface area contributed by atoms with E-state index in [9.17, 15) is 9.59 Å². The van der Waals surface area contributed by atoms with Gasteiger partial charge in [0.15, 0.2) is 0 Å². The van der Waals surface area contributed by atoms with Crippen LogP contribution in [-0.4, -0.2) is 31.5 Å². The van der Waals surface area contributed by atoms with Crippen LogP contribution in [0.15, 0.2) is 65.1 Å². The SMILES string of the molecule is COc1cc2c(cc1NCC(=O)N1c3ccccc3NC(=O)C[C@@H]1C)oc1ccccc12. The summed E-state index contributed by atoms with van der Waals surface area (Å²) < 4.78 is 11.5. The van der Waals surface area contributed by atoms with E-state index in [0.29, 0.717) is 28.4 Å². The van der Waals surface area contributed by atoms with Gasteiger partial charge in [0.1, 0.15) is 16.9 Å². The van der Waals surface area contributed by atoms with Gasteiger partial charge >= 0.3 is 0 Å². The lowest BCUT2D eigenvalue weighted by Crippen LogP contribution is -2.42. The molecule has 2 heterocycles. The third-order valence-electron chi connectivity index (χ3n) is 5.76. The summed E-state index contributed by atoms with van der Waals surface area (Å²) in [5, 5.41) is 8.04. The van der Waals surface area contributed by atoms with Crippen molar-refractivity contribution >= 4 is 50.8 Å². The lowest BCUT2D eigenvalue weighted by Gasteiger charge is -2.28. The number of amides is 2.